The first-order chi connectivity index (χ1) is 9.33. The molecule has 0 atom stereocenters. The Hall–Kier alpha value is -1.62. The Morgan fingerprint density at radius 3 is 2.40 bits per heavy atom. The van der Waals surface area contributed by atoms with E-state index < -0.39 is 4.92 Å². The predicted octanol–water partition coefficient (Wildman–Crippen LogP) is 3.25. The molecule has 0 bridgehead atoms. The highest BCUT2D eigenvalue weighted by atomic mass is 16.6. The van der Waals surface area contributed by atoms with Crippen LogP contribution in [0.2, 0.25) is 0 Å². The predicted molar refractivity (Wildman–Crippen MR) is 80.1 cm³/mol. The van der Waals surface area contributed by atoms with Gasteiger partial charge in [0.25, 0.3) is 5.69 Å². The molecule has 0 saturated heterocycles. The standard InChI is InChI=1S/C15H24N2O3/c1-12(2)15(3,4)11-16-9-10-20-14-7-5-13(6-8-14)17(18)19/h5-8,12,16H,9-11H2,1-4H3. The smallest absolute Gasteiger partial charge is 0.269 e. The SMILES string of the molecule is CC(C)C(C)(C)CNCCOc1ccc([N+](=O)[O-])cc1. The highest BCUT2D eigenvalue weighted by Gasteiger charge is 2.21. The largest absolute Gasteiger partial charge is 0.492 e. The van der Waals surface area contributed by atoms with E-state index in [0.29, 0.717) is 18.3 Å². The van der Waals surface area contributed by atoms with Gasteiger partial charge in [-0.25, -0.2) is 0 Å². The topological polar surface area (TPSA) is 64.4 Å². The molecule has 0 aliphatic rings. The molecule has 0 radical (unpaired) electrons. The summed E-state index contributed by atoms with van der Waals surface area (Å²) >= 11 is 0. The number of nitrogens with zero attached hydrogens (tertiary/aromatic N) is 1. The normalized spacial score (nSPS) is 11.7. The van der Waals surface area contributed by atoms with Crippen LogP contribution in [0.15, 0.2) is 24.3 Å². The van der Waals surface area contributed by atoms with E-state index in [1.807, 2.05) is 0 Å². The first kappa shape index (κ1) is 16.4. The van der Waals surface area contributed by atoms with Gasteiger partial charge >= 0.3 is 0 Å². The molecular formula is C15H24N2O3. The zero-order valence-corrected chi connectivity index (χ0v) is 12.7. The fourth-order valence-electron chi connectivity index (χ4n) is 1.52. The quantitative estimate of drug-likeness (QED) is 0.451. The number of nitro groups is 1. The molecule has 0 fully saturated rings. The first-order valence-electron chi connectivity index (χ1n) is 6.91. The molecule has 5 heteroatoms. The summed E-state index contributed by atoms with van der Waals surface area (Å²) in [5.74, 6) is 1.27. The summed E-state index contributed by atoms with van der Waals surface area (Å²) in [6.45, 7) is 11.2. The van der Waals surface area contributed by atoms with E-state index >= 15 is 0 Å². The van der Waals surface area contributed by atoms with Gasteiger partial charge in [-0.2, -0.15) is 0 Å². The molecule has 1 aromatic carbocycles. The van der Waals surface area contributed by atoms with Gasteiger partial charge in [-0.1, -0.05) is 27.7 Å². The maximum absolute atomic E-state index is 10.5. The Labute approximate surface area is 120 Å². The summed E-state index contributed by atoms with van der Waals surface area (Å²) in [4.78, 5) is 10.1. The summed E-state index contributed by atoms with van der Waals surface area (Å²) in [6, 6.07) is 6.14. The number of hydrogen-bond donors (Lipinski definition) is 1. The van der Waals surface area contributed by atoms with Gasteiger partial charge in [-0.05, 0) is 23.5 Å². The molecule has 1 N–H and O–H groups in total. The van der Waals surface area contributed by atoms with Gasteiger partial charge in [-0.3, -0.25) is 10.1 Å². The van der Waals surface area contributed by atoms with E-state index in [0.717, 1.165) is 13.1 Å². The number of nitro benzene ring substituents is 1. The lowest BCUT2D eigenvalue weighted by atomic mass is 9.81. The number of benzene rings is 1. The van der Waals surface area contributed by atoms with Gasteiger partial charge in [0.05, 0.1) is 4.92 Å². The second-order valence-electron chi connectivity index (χ2n) is 5.92. The lowest BCUT2D eigenvalue weighted by Gasteiger charge is -2.29. The molecule has 0 saturated carbocycles. The second kappa shape index (κ2) is 7.24. The number of rotatable bonds is 8. The number of nitrogens with one attached hydrogen (secondary N) is 1. The van der Waals surface area contributed by atoms with E-state index in [9.17, 15) is 10.1 Å². The fourth-order valence-corrected chi connectivity index (χ4v) is 1.52. The number of non-ortho nitro benzene ring substituents is 1. The number of ether oxygens (including phenoxy) is 1. The summed E-state index contributed by atoms with van der Waals surface area (Å²) in [5.41, 5.74) is 0.335. The Balaban J connectivity index is 2.26. The number of hydrogen-bond acceptors (Lipinski definition) is 4. The highest BCUT2D eigenvalue weighted by molar-refractivity contribution is 5.35. The molecule has 112 valence electrons. The third-order valence-corrected chi connectivity index (χ3v) is 3.74. The van der Waals surface area contributed by atoms with Crippen LogP contribution in [0.5, 0.6) is 5.75 Å². The molecule has 0 aliphatic heterocycles. The van der Waals surface area contributed by atoms with Crippen molar-refractivity contribution in [3.63, 3.8) is 0 Å². The lowest BCUT2D eigenvalue weighted by molar-refractivity contribution is -0.384. The van der Waals surface area contributed by atoms with E-state index in [-0.39, 0.29) is 11.1 Å². The Morgan fingerprint density at radius 1 is 1.30 bits per heavy atom. The molecule has 0 spiro atoms. The summed E-state index contributed by atoms with van der Waals surface area (Å²) in [5, 5.41) is 13.9. The van der Waals surface area contributed by atoms with Crippen LogP contribution in [-0.4, -0.2) is 24.6 Å². The van der Waals surface area contributed by atoms with Crippen molar-refractivity contribution in [1.29, 1.82) is 0 Å². The monoisotopic (exact) mass is 280 g/mol. The van der Waals surface area contributed by atoms with Crippen molar-refractivity contribution in [3.05, 3.63) is 34.4 Å². The van der Waals surface area contributed by atoms with E-state index in [1.165, 1.54) is 12.1 Å². The van der Waals surface area contributed by atoms with E-state index in [1.54, 1.807) is 12.1 Å². The average Bonchev–Trinajstić information content (AvgIpc) is 2.38. The summed E-state index contributed by atoms with van der Waals surface area (Å²) in [7, 11) is 0. The zero-order chi connectivity index (χ0) is 15.2. The van der Waals surface area contributed by atoms with Crippen LogP contribution in [0.3, 0.4) is 0 Å². The van der Waals surface area contributed by atoms with Crippen molar-refractivity contribution in [3.8, 4) is 5.75 Å². The van der Waals surface area contributed by atoms with Gasteiger partial charge in [0, 0.05) is 25.2 Å². The van der Waals surface area contributed by atoms with Gasteiger partial charge in [0.15, 0.2) is 0 Å². The Kier molecular flexibility index (Phi) is 5.95. The molecule has 1 aromatic rings. The van der Waals surface area contributed by atoms with Crippen molar-refractivity contribution in [2.24, 2.45) is 11.3 Å². The molecule has 0 aliphatic carbocycles. The van der Waals surface area contributed by atoms with Crippen LogP contribution in [-0.2, 0) is 0 Å². The second-order valence-corrected chi connectivity index (χ2v) is 5.92. The minimum Gasteiger partial charge on any atom is -0.492 e. The van der Waals surface area contributed by atoms with Crippen LogP contribution in [0.4, 0.5) is 5.69 Å². The third-order valence-electron chi connectivity index (χ3n) is 3.74. The van der Waals surface area contributed by atoms with Crippen molar-refractivity contribution in [1.82, 2.24) is 5.32 Å². The minimum atomic E-state index is -0.417. The molecule has 5 nitrogen and oxygen atoms in total. The fraction of sp³-hybridized carbons (Fsp3) is 0.600. The van der Waals surface area contributed by atoms with Gasteiger partial charge in [0.1, 0.15) is 12.4 Å². The van der Waals surface area contributed by atoms with Crippen LogP contribution in [0, 0.1) is 21.4 Å². The van der Waals surface area contributed by atoms with Crippen molar-refractivity contribution < 1.29 is 9.66 Å². The Bertz CT molecular complexity index is 427. The lowest BCUT2D eigenvalue weighted by Crippen LogP contribution is -2.35. The molecule has 0 unspecified atom stereocenters. The van der Waals surface area contributed by atoms with Gasteiger partial charge in [-0.15, -0.1) is 0 Å². The van der Waals surface area contributed by atoms with Gasteiger partial charge in [0.2, 0.25) is 0 Å². The van der Waals surface area contributed by atoms with E-state index in [2.05, 4.69) is 33.0 Å². The Morgan fingerprint density at radius 2 is 1.90 bits per heavy atom. The van der Waals surface area contributed by atoms with Crippen molar-refractivity contribution >= 4 is 5.69 Å². The van der Waals surface area contributed by atoms with Gasteiger partial charge < -0.3 is 10.1 Å². The summed E-state index contributed by atoms with van der Waals surface area (Å²) in [6.07, 6.45) is 0. The molecule has 1 rings (SSSR count). The molecule has 20 heavy (non-hydrogen) atoms. The molecule has 0 heterocycles. The van der Waals surface area contributed by atoms with E-state index in [4.69, 9.17) is 4.74 Å². The van der Waals surface area contributed by atoms with Crippen LogP contribution in [0.25, 0.3) is 0 Å². The average molecular weight is 280 g/mol. The van der Waals surface area contributed by atoms with Crippen molar-refractivity contribution in [2.75, 3.05) is 19.7 Å². The highest BCUT2D eigenvalue weighted by Crippen LogP contribution is 2.24. The summed E-state index contributed by atoms with van der Waals surface area (Å²) < 4.78 is 5.53. The molecule has 0 aromatic heterocycles. The first-order valence-corrected chi connectivity index (χ1v) is 6.91. The molecular weight excluding hydrogens is 256 g/mol. The van der Waals surface area contributed by atoms with Crippen LogP contribution >= 0.6 is 0 Å². The minimum absolute atomic E-state index is 0.0779. The third kappa shape index (κ3) is 5.17. The van der Waals surface area contributed by atoms with Crippen molar-refractivity contribution in [2.45, 2.75) is 27.7 Å². The zero-order valence-electron chi connectivity index (χ0n) is 12.7. The maximum Gasteiger partial charge on any atom is 0.269 e. The maximum atomic E-state index is 10.5. The molecule has 0 amide bonds. The van der Waals surface area contributed by atoms with Crippen LogP contribution < -0.4 is 10.1 Å². The van der Waals surface area contributed by atoms with Crippen LogP contribution in [0.1, 0.15) is 27.7 Å².